The monoisotopic (exact) mass is 182 g/mol. The van der Waals surface area contributed by atoms with Gasteiger partial charge in [0.15, 0.2) is 0 Å². The van der Waals surface area contributed by atoms with E-state index in [1.54, 1.807) is 0 Å². The number of esters is 1. The summed E-state index contributed by atoms with van der Waals surface area (Å²) in [6, 6.07) is 0. The van der Waals surface area contributed by atoms with Crippen molar-refractivity contribution >= 4 is 5.97 Å². The third-order valence-electron chi connectivity index (χ3n) is 3.23. The van der Waals surface area contributed by atoms with E-state index >= 15 is 0 Å². The normalized spacial score (nSPS) is 40.8. The molecule has 0 aliphatic carbocycles. The van der Waals surface area contributed by atoms with E-state index in [0.717, 1.165) is 0 Å². The van der Waals surface area contributed by atoms with Crippen LogP contribution in [0.1, 0.15) is 27.7 Å². The van der Waals surface area contributed by atoms with Crippen molar-refractivity contribution in [3.63, 3.8) is 0 Å². The van der Waals surface area contributed by atoms with Crippen LogP contribution in [-0.4, -0.2) is 12.6 Å². The molecule has 0 aromatic heterocycles. The van der Waals surface area contributed by atoms with E-state index < -0.39 is 0 Å². The molecule has 0 amide bonds. The number of allylic oxidation sites excluding steroid dienone is 1. The Bertz CT molecular complexity index is 232. The Labute approximate surface area is 80.0 Å². The molecule has 0 N–H and O–H groups in total. The van der Waals surface area contributed by atoms with Crippen LogP contribution in [0.15, 0.2) is 12.2 Å². The topological polar surface area (TPSA) is 26.3 Å². The van der Waals surface area contributed by atoms with Crippen LogP contribution >= 0.6 is 0 Å². The fraction of sp³-hybridized carbons (Fsp3) is 0.727. The molecule has 1 fully saturated rings. The largest absolute Gasteiger partial charge is 0.465 e. The lowest BCUT2D eigenvalue weighted by atomic mass is 9.71. The number of hydrogen-bond donors (Lipinski definition) is 0. The first-order valence-corrected chi connectivity index (χ1v) is 4.82. The minimum Gasteiger partial charge on any atom is -0.465 e. The van der Waals surface area contributed by atoms with Crippen molar-refractivity contribution in [2.24, 2.45) is 17.3 Å². The Hall–Kier alpha value is -0.790. The summed E-state index contributed by atoms with van der Waals surface area (Å²) in [6.45, 7) is 8.71. The van der Waals surface area contributed by atoms with Crippen molar-refractivity contribution in [1.82, 2.24) is 0 Å². The number of carbonyl (C=O) groups excluding carboxylic acids is 1. The Balaban J connectivity index is 2.85. The molecule has 13 heavy (non-hydrogen) atoms. The molecule has 0 aromatic rings. The second-order valence-electron chi connectivity index (χ2n) is 4.19. The van der Waals surface area contributed by atoms with E-state index in [1.165, 1.54) is 0 Å². The maximum Gasteiger partial charge on any atom is 0.308 e. The summed E-state index contributed by atoms with van der Waals surface area (Å²) in [5.74, 6) is 0.300. The molecule has 1 heterocycles. The first-order chi connectivity index (χ1) is 6.01. The van der Waals surface area contributed by atoms with Crippen molar-refractivity contribution < 1.29 is 9.53 Å². The summed E-state index contributed by atoms with van der Waals surface area (Å²) >= 11 is 0. The molecular formula is C11H18O2. The predicted octanol–water partition coefficient (Wildman–Crippen LogP) is 2.40. The summed E-state index contributed by atoms with van der Waals surface area (Å²) in [7, 11) is 0. The van der Waals surface area contributed by atoms with Gasteiger partial charge >= 0.3 is 5.97 Å². The smallest absolute Gasteiger partial charge is 0.308 e. The average molecular weight is 182 g/mol. The summed E-state index contributed by atoms with van der Waals surface area (Å²) in [5, 5.41) is 0. The maximum absolute atomic E-state index is 11.3. The van der Waals surface area contributed by atoms with Gasteiger partial charge in [-0.05, 0) is 12.8 Å². The van der Waals surface area contributed by atoms with Gasteiger partial charge in [-0.2, -0.15) is 0 Å². The van der Waals surface area contributed by atoms with E-state index in [4.69, 9.17) is 4.74 Å². The SMILES string of the molecule is C/C=C/C1(C)COC(=O)C(C)C1C. The van der Waals surface area contributed by atoms with Gasteiger partial charge in [0.05, 0.1) is 5.92 Å². The minimum absolute atomic E-state index is 0.00921. The number of rotatable bonds is 1. The lowest BCUT2D eigenvalue weighted by Gasteiger charge is -2.39. The van der Waals surface area contributed by atoms with Crippen LogP contribution in [0.4, 0.5) is 0 Å². The van der Waals surface area contributed by atoms with Crippen LogP contribution in [-0.2, 0) is 9.53 Å². The number of cyclic esters (lactones) is 1. The van der Waals surface area contributed by atoms with Gasteiger partial charge in [-0.15, -0.1) is 0 Å². The van der Waals surface area contributed by atoms with Crippen LogP contribution in [0.3, 0.4) is 0 Å². The summed E-state index contributed by atoms with van der Waals surface area (Å²) in [4.78, 5) is 11.3. The second kappa shape index (κ2) is 3.52. The molecule has 1 saturated heterocycles. The first kappa shape index (κ1) is 10.3. The lowest BCUT2D eigenvalue weighted by Crippen LogP contribution is -2.42. The highest BCUT2D eigenvalue weighted by Gasteiger charge is 2.41. The zero-order chi connectivity index (χ0) is 10.1. The van der Waals surface area contributed by atoms with Gasteiger partial charge in [0.1, 0.15) is 6.61 Å². The van der Waals surface area contributed by atoms with E-state index in [2.05, 4.69) is 19.9 Å². The van der Waals surface area contributed by atoms with Gasteiger partial charge in [-0.25, -0.2) is 0 Å². The van der Waals surface area contributed by atoms with Gasteiger partial charge in [-0.3, -0.25) is 4.79 Å². The fourth-order valence-corrected chi connectivity index (χ4v) is 1.85. The molecule has 74 valence electrons. The maximum atomic E-state index is 11.3. The Morgan fingerprint density at radius 2 is 2.15 bits per heavy atom. The van der Waals surface area contributed by atoms with Crippen LogP contribution in [0.2, 0.25) is 0 Å². The third kappa shape index (κ3) is 1.77. The zero-order valence-electron chi connectivity index (χ0n) is 8.83. The Kier molecular flexibility index (Phi) is 2.79. The molecule has 3 atom stereocenters. The quantitative estimate of drug-likeness (QED) is 0.460. The number of carbonyl (C=O) groups is 1. The Morgan fingerprint density at radius 3 is 2.69 bits per heavy atom. The second-order valence-corrected chi connectivity index (χ2v) is 4.19. The number of hydrogen-bond acceptors (Lipinski definition) is 2. The molecule has 1 rings (SSSR count). The molecule has 0 spiro atoms. The van der Waals surface area contributed by atoms with Gasteiger partial charge in [0.25, 0.3) is 0 Å². The molecule has 2 heteroatoms. The zero-order valence-corrected chi connectivity index (χ0v) is 8.83. The molecule has 0 saturated carbocycles. The minimum atomic E-state index is -0.0607. The van der Waals surface area contributed by atoms with Gasteiger partial charge < -0.3 is 4.74 Å². The van der Waals surface area contributed by atoms with Gasteiger partial charge in [-0.1, -0.05) is 32.9 Å². The summed E-state index contributed by atoms with van der Waals surface area (Å²) in [6.07, 6.45) is 4.17. The molecule has 0 aromatic carbocycles. The van der Waals surface area contributed by atoms with Crippen molar-refractivity contribution in [3.05, 3.63) is 12.2 Å². The van der Waals surface area contributed by atoms with Crippen molar-refractivity contribution in [1.29, 1.82) is 0 Å². The number of ether oxygens (including phenoxy) is 1. The van der Waals surface area contributed by atoms with Crippen molar-refractivity contribution in [2.75, 3.05) is 6.61 Å². The fourth-order valence-electron chi connectivity index (χ4n) is 1.85. The van der Waals surface area contributed by atoms with Gasteiger partial charge in [0, 0.05) is 5.41 Å². The van der Waals surface area contributed by atoms with E-state index in [0.29, 0.717) is 12.5 Å². The average Bonchev–Trinajstić information content (AvgIpc) is 2.10. The summed E-state index contributed by atoms with van der Waals surface area (Å²) in [5.41, 5.74) is 0.0159. The van der Waals surface area contributed by atoms with Crippen molar-refractivity contribution in [3.8, 4) is 0 Å². The van der Waals surface area contributed by atoms with Crippen LogP contribution in [0.25, 0.3) is 0 Å². The highest BCUT2D eigenvalue weighted by molar-refractivity contribution is 5.73. The molecule has 1 aliphatic rings. The molecule has 1 aliphatic heterocycles. The van der Waals surface area contributed by atoms with Gasteiger partial charge in [0.2, 0.25) is 0 Å². The van der Waals surface area contributed by atoms with E-state index in [-0.39, 0.29) is 17.3 Å². The Morgan fingerprint density at radius 1 is 1.54 bits per heavy atom. The first-order valence-electron chi connectivity index (χ1n) is 4.82. The third-order valence-corrected chi connectivity index (χ3v) is 3.23. The highest BCUT2D eigenvalue weighted by atomic mass is 16.5. The molecule has 3 unspecified atom stereocenters. The van der Waals surface area contributed by atoms with E-state index in [9.17, 15) is 4.79 Å². The molecule has 0 bridgehead atoms. The van der Waals surface area contributed by atoms with Crippen LogP contribution < -0.4 is 0 Å². The molecular weight excluding hydrogens is 164 g/mol. The predicted molar refractivity (Wildman–Crippen MR) is 52.2 cm³/mol. The van der Waals surface area contributed by atoms with Crippen molar-refractivity contribution in [2.45, 2.75) is 27.7 Å². The summed E-state index contributed by atoms with van der Waals surface area (Å²) < 4.78 is 5.14. The highest BCUT2D eigenvalue weighted by Crippen LogP contribution is 2.38. The molecule has 2 nitrogen and oxygen atoms in total. The van der Waals surface area contributed by atoms with Crippen LogP contribution in [0.5, 0.6) is 0 Å². The van der Waals surface area contributed by atoms with E-state index in [1.807, 2.05) is 19.9 Å². The standard InChI is InChI=1S/C11H18O2/c1-5-6-11(4)7-13-10(12)8(2)9(11)3/h5-6,8-9H,7H2,1-4H3/b6-5+. The molecule has 0 radical (unpaired) electrons. The van der Waals surface area contributed by atoms with Crippen LogP contribution in [0, 0.1) is 17.3 Å². The lowest BCUT2D eigenvalue weighted by molar-refractivity contribution is -0.163.